The Morgan fingerprint density at radius 2 is 2.29 bits per heavy atom. The Bertz CT molecular complexity index is 609. The van der Waals surface area contributed by atoms with Crippen molar-refractivity contribution >= 4 is 11.3 Å². The van der Waals surface area contributed by atoms with E-state index < -0.39 is 0 Å². The number of aryl methyl sites for hydroxylation is 2. The highest BCUT2D eigenvalue weighted by Gasteiger charge is 2.19. The van der Waals surface area contributed by atoms with Crippen LogP contribution in [0.1, 0.15) is 35.2 Å². The summed E-state index contributed by atoms with van der Waals surface area (Å²) in [4.78, 5) is 4.62. The zero-order valence-electron chi connectivity index (χ0n) is 12.7. The first-order valence-electron chi connectivity index (χ1n) is 7.61. The minimum Gasteiger partial charge on any atom is -0.497 e. The van der Waals surface area contributed by atoms with Crippen LogP contribution in [0.15, 0.2) is 23.6 Å². The summed E-state index contributed by atoms with van der Waals surface area (Å²) in [6, 6.07) is 6.99. The van der Waals surface area contributed by atoms with Gasteiger partial charge in [0.15, 0.2) is 0 Å². The minimum atomic E-state index is 0.540. The summed E-state index contributed by atoms with van der Waals surface area (Å²) in [6.07, 6.45) is 4.45. The molecule has 1 aliphatic rings. The van der Waals surface area contributed by atoms with E-state index in [0.29, 0.717) is 6.04 Å². The molecule has 0 fully saturated rings. The van der Waals surface area contributed by atoms with Crippen molar-refractivity contribution in [2.75, 3.05) is 7.11 Å². The molecular formula is C17H22N2OS. The standard InChI is InChI=1S/C17H22N2OS/c1-3-14-11-21-17(19-14)10-18-15-6-4-12-5-7-16(20-2)9-13(12)8-15/h5,7,9,11,15,18H,3-4,6,8,10H2,1-2H3/t15-/m0/s1. The number of thiazole rings is 1. The van der Waals surface area contributed by atoms with Gasteiger partial charge in [0.2, 0.25) is 0 Å². The van der Waals surface area contributed by atoms with Crippen molar-refractivity contribution < 1.29 is 4.74 Å². The second-order valence-electron chi connectivity index (χ2n) is 5.54. The van der Waals surface area contributed by atoms with Gasteiger partial charge in [0, 0.05) is 18.0 Å². The van der Waals surface area contributed by atoms with E-state index in [0.717, 1.165) is 31.6 Å². The molecule has 0 aliphatic heterocycles. The highest BCUT2D eigenvalue weighted by molar-refractivity contribution is 7.09. The Morgan fingerprint density at radius 1 is 1.38 bits per heavy atom. The molecule has 3 rings (SSSR count). The molecule has 112 valence electrons. The van der Waals surface area contributed by atoms with Crippen molar-refractivity contribution in [3.63, 3.8) is 0 Å². The number of nitrogens with zero attached hydrogens (tertiary/aromatic N) is 1. The van der Waals surface area contributed by atoms with Gasteiger partial charge in [0.05, 0.1) is 12.8 Å². The van der Waals surface area contributed by atoms with Crippen LogP contribution in [0.25, 0.3) is 0 Å². The number of methoxy groups -OCH3 is 1. The monoisotopic (exact) mass is 302 g/mol. The normalized spacial score (nSPS) is 17.5. The molecule has 0 amide bonds. The van der Waals surface area contributed by atoms with Crippen LogP contribution >= 0.6 is 11.3 Å². The van der Waals surface area contributed by atoms with Gasteiger partial charge >= 0.3 is 0 Å². The number of benzene rings is 1. The number of rotatable bonds is 5. The van der Waals surface area contributed by atoms with Crippen LogP contribution in [0.4, 0.5) is 0 Å². The summed E-state index contributed by atoms with van der Waals surface area (Å²) >= 11 is 1.76. The van der Waals surface area contributed by atoms with E-state index in [1.165, 1.54) is 28.2 Å². The molecular weight excluding hydrogens is 280 g/mol. The van der Waals surface area contributed by atoms with Crippen molar-refractivity contribution in [2.24, 2.45) is 0 Å². The lowest BCUT2D eigenvalue weighted by molar-refractivity contribution is 0.411. The maximum absolute atomic E-state index is 5.33. The number of aromatic nitrogens is 1. The molecule has 0 unspecified atom stereocenters. The van der Waals surface area contributed by atoms with E-state index in [1.54, 1.807) is 18.4 Å². The van der Waals surface area contributed by atoms with Gasteiger partial charge in [0.1, 0.15) is 10.8 Å². The summed E-state index contributed by atoms with van der Waals surface area (Å²) in [7, 11) is 1.73. The second kappa shape index (κ2) is 6.58. The molecule has 1 atom stereocenters. The van der Waals surface area contributed by atoms with Crippen molar-refractivity contribution in [3.8, 4) is 5.75 Å². The summed E-state index contributed by atoms with van der Waals surface area (Å²) in [5.41, 5.74) is 4.10. The molecule has 4 heteroatoms. The summed E-state index contributed by atoms with van der Waals surface area (Å²) in [6.45, 7) is 3.03. The van der Waals surface area contributed by atoms with Crippen LogP contribution in [0.5, 0.6) is 5.75 Å². The van der Waals surface area contributed by atoms with Gasteiger partial charge < -0.3 is 10.1 Å². The molecule has 1 heterocycles. The van der Waals surface area contributed by atoms with Crippen molar-refractivity contribution in [3.05, 3.63) is 45.4 Å². The molecule has 0 bridgehead atoms. The first-order chi connectivity index (χ1) is 10.3. The van der Waals surface area contributed by atoms with Crippen LogP contribution < -0.4 is 10.1 Å². The molecule has 0 radical (unpaired) electrons. The predicted molar refractivity (Wildman–Crippen MR) is 87.1 cm³/mol. The summed E-state index contributed by atoms with van der Waals surface area (Å²) in [5, 5.41) is 7.02. The summed E-state index contributed by atoms with van der Waals surface area (Å²) in [5.74, 6) is 0.960. The van der Waals surface area contributed by atoms with Crippen molar-refractivity contribution in [1.82, 2.24) is 10.3 Å². The fourth-order valence-electron chi connectivity index (χ4n) is 2.86. The first-order valence-corrected chi connectivity index (χ1v) is 8.49. The van der Waals surface area contributed by atoms with Crippen molar-refractivity contribution in [2.45, 2.75) is 45.2 Å². The average Bonchev–Trinajstić information content (AvgIpc) is 3.00. The Morgan fingerprint density at radius 3 is 3.05 bits per heavy atom. The smallest absolute Gasteiger partial charge is 0.119 e. The van der Waals surface area contributed by atoms with E-state index in [4.69, 9.17) is 4.74 Å². The fourth-order valence-corrected chi connectivity index (χ4v) is 3.69. The van der Waals surface area contributed by atoms with Crippen LogP contribution in [-0.2, 0) is 25.8 Å². The molecule has 1 aliphatic carbocycles. The Hall–Kier alpha value is -1.39. The third-order valence-corrected chi connectivity index (χ3v) is 5.04. The summed E-state index contributed by atoms with van der Waals surface area (Å²) < 4.78 is 5.33. The lowest BCUT2D eigenvalue weighted by Gasteiger charge is -2.25. The van der Waals surface area contributed by atoms with Crippen molar-refractivity contribution in [1.29, 1.82) is 0 Å². The SMILES string of the molecule is CCc1csc(CN[C@H]2CCc3ccc(OC)cc3C2)n1. The Balaban J connectivity index is 1.60. The molecule has 0 saturated carbocycles. The fraction of sp³-hybridized carbons (Fsp3) is 0.471. The zero-order chi connectivity index (χ0) is 14.7. The van der Waals surface area contributed by atoms with Gasteiger partial charge in [-0.1, -0.05) is 13.0 Å². The average molecular weight is 302 g/mol. The Kier molecular flexibility index (Phi) is 4.56. The third-order valence-electron chi connectivity index (χ3n) is 4.15. The van der Waals surface area contributed by atoms with E-state index in [2.05, 4.69) is 40.8 Å². The van der Waals surface area contributed by atoms with E-state index in [1.807, 2.05) is 0 Å². The highest BCUT2D eigenvalue weighted by Crippen LogP contribution is 2.25. The van der Waals surface area contributed by atoms with Gasteiger partial charge in [-0.25, -0.2) is 4.98 Å². The maximum atomic E-state index is 5.33. The van der Waals surface area contributed by atoms with Crippen LogP contribution in [0.2, 0.25) is 0 Å². The molecule has 1 N–H and O–H groups in total. The van der Waals surface area contributed by atoms with Gasteiger partial charge in [-0.05, 0) is 48.9 Å². The lowest BCUT2D eigenvalue weighted by Crippen LogP contribution is -2.34. The molecule has 3 nitrogen and oxygen atoms in total. The Labute approximate surface area is 130 Å². The zero-order valence-corrected chi connectivity index (χ0v) is 13.5. The number of hydrogen-bond donors (Lipinski definition) is 1. The molecule has 0 saturated heterocycles. The van der Waals surface area contributed by atoms with Gasteiger partial charge in [0.25, 0.3) is 0 Å². The largest absolute Gasteiger partial charge is 0.497 e. The number of hydrogen-bond acceptors (Lipinski definition) is 4. The number of nitrogens with one attached hydrogen (secondary N) is 1. The highest BCUT2D eigenvalue weighted by atomic mass is 32.1. The van der Waals surface area contributed by atoms with Gasteiger partial charge in [-0.2, -0.15) is 0 Å². The molecule has 2 aromatic rings. The van der Waals surface area contributed by atoms with Crippen LogP contribution in [0.3, 0.4) is 0 Å². The second-order valence-corrected chi connectivity index (χ2v) is 6.48. The van der Waals surface area contributed by atoms with Crippen LogP contribution in [-0.4, -0.2) is 18.1 Å². The third kappa shape index (κ3) is 3.44. The molecule has 0 spiro atoms. The van der Waals surface area contributed by atoms with E-state index >= 15 is 0 Å². The lowest BCUT2D eigenvalue weighted by atomic mass is 9.88. The molecule has 1 aromatic heterocycles. The first kappa shape index (κ1) is 14.5. The van der Waals surface area contributed by atoms with Gasteiger partial charge in [-0.3, -0.25) is 0 Å². The maximum Gasteiger partial charge on any atom is 0.119 e. The van der Waals surface area contributed by atoms with Gasteiger partial charge in [-0.15, -0.1) is 11.3 Å². The van der Waals surface area contributed by atoms with E-state index in [9.17, 15) is 0 Å². The minimum absolute atomic E-state index is 0.540. The number of ether oxygens (including phenoxy) is 1. The predicted octanol–water partition coefficient (Wildman–Crippen LogP) is 3.36. The topological polar surface area (TPSA) is 34.1 Å². The molecule has 21 heavy (non-hydrogen) atoms. The quantitative estimate of drug-likeness (QED) is 0.919. The van der Waals surface area contributed by atoms with Crippen LogP contribution in [0, 0.1) is 0 Å². The number of fused-ring (bicyclic) bond motifs is 1. The molecule has 1 aromatic carbocycles. The van der Waals surface area contributed by atoms with E-state index in [-0.39, 0.29) is 0 Å².